The molecule has 0 fully saturated rings. The molecule has 0 bridgehead atoms. The summed E-state index contributed by atoms with van der Waals surface area (Å²) in [5.41, 5.74) is 3.77. The van der Waals surface area contributed by atoms with E-state index in [-0.39, 0.29) is 0 Å². The highest BCUT2D eigenvalue weighted by molar-refractivity contribution is 9.10. The minimum absolute atomic E-state index is 0.782. The first-order valence-electron chi connectivity index (χ1n) is 6.99. The van der Waals surface area contributed by atoms with Crippen LogP contribution in [0.1, 0.15) is 0 Å². The molecule has 1 aromatic carbocycles. The maximum absolute atomic E-state index is 5.57. The molecule has 0 radical (unpaired) electrons. The molecule has 0 spiro atoms. The van der Waals surface area contributed by atoms with Gasteiger partial charge in [0.05, 0.1) is 12.8 Å². The fourth-order valence-electron chi connectivity index (χ4n) is 2.51. The summed E-state index contributed by atoms with van der Waals surface area (Å²) in [4.78, 5) is 10.0. The SMILES string of the molecule is COc1cc(-c2nc3sccn3c2Br)ccc1-c1ccccn1. The van der Waals surface area contributed by atoms with Gasteiger partial charge < -0.3 is 4.74 Å². The van der Waals surface area contributed by atoms with Gasteiger partial charge in [0, 0.05) is 28.9 Å². The van der Waals surface area contributed by atoms with Gasteiger partial charge in [-0.15, -0.1) is 11.3 Å². The summed E-state index contributed by atoms with van der Waals surface area (Å²) >= 11 is 5.24. The number of pyridine rings is 1. The van der Waals surface area contributed by atoms with Gasteiger partial charge in [-0.05, 0) is 40.2 Å². The molecule has 0 N–H and O–H groups in total. The van der Waals surface area contributed by atoms with Crippen molar-refractivity contribution in [2.45, 2.75) is 0 Å². The molecule has 3 heterocycles. The number of aromatic nitrogens is 3. The summed E-state index contributed by atoms with van der Waals surface area (Å²) in [6.45, 7) is 0. The molecule has 0 unspecified atom stereocenters. The second-order valence-corrected chi connectivity index (χ2v) is 6.56. The van der Waals surface area contributed by atoms with Crippen LogP contribution in [0.5, 0.6) is 5.75 Å². The number of halogens is 1. The van der Waals surface area contributed by atoms with Crippen molar-refractivity contribution < 1.29 is 4.74 Å². The second-order valence-electron chi connectivity index (χ2n) is 4.94. The average molecular weight is 386 g/mol. The van der Waals surface area contributed by atoms with Gasteiger partial charge in [0.2, 0.25) is 0 Å². The maximum atomic E-state index is 5.57. The van der Waals surface area contributed by atoms with Crippen LogP contribution in [0, 0.1) is 0 Å². The number of hydrogen-bond donors (Lipinski definition) is 0. The lowest BCUT2D eigenvalue weighted by atomic mass is 10.1. The zero-order chi connectivity index (χ0) is 15.8. The van der Waals surface area contributed by atoms with E-state index in [0.29, 0.717) is 0 Å². The van der Waals surface area contributed by atoms with Crippen LogP contribution in [0.3, 0.4) is 0 Å². The molecule has 23 heavy (non-hydrogen) atoms. The highest BCUT2D eigenvalue weighted by Gasteiger charge is 2.15. The smallest absolute Gasteiger partial charge is 0.195 e. The summed E-state index contributed by atoms with van der Waals surface area (Å²) in [7, 11) is 1.67. The highest BCUT2D eigenvalue weighted by atomic mass is 79.9. The Bertz CT molecular complexity index is 978. The molecule has 4 rings (SSSR count). The molecule has 4 aromatic rings. The Kier molecular flexibility index (Phi) is 3.63. The van der Waals surface area contributed by atoms with Crippen LogP contribution in [0.2, 0.25) is 0 Å². The Morgan fingerprint density at radius 2 is 2.13 bits per heavy atom. The van der Waals surface area contributed by atoms with E-state index in [2.05, 4.69) is 25.9 Å². The summed E-state index contributed by atoms with van der Waals surface area (Å²) in [6.07, 6.45) is 3.78. The van der Waals surface area contributed by atoms with E-state index in [1.807, 2.05) is 52.4 Å². The van der Waals surface area contributed by atoms with Gasteiger partial charge in [0.1, 0.15) is 16.0 Å². The van der Waals surface area contributed by atoms with Crippen molar-refractivity contribution in [1.82, 2.24) is 14.4 Å². The van der Waals surface area contributed by atoms with Gasteiger partial charge in [-0.1, -0.05) is 12.1 Å². The topological polar surface area (TPSA) is 39.4 Å². The molecule has 0 saturated heterocycles. The van der Waals surface area contributed by atoms with Crippen molar-refractivity contribution in [1.29, 1.82) is 0 Å². The molecule has 4 nitrogen and oxygen atoms in total. The van der Waals surface area contributed by atoms with Crippen LogP contribution in [0.4, 0.5) is 0 Å². The van der Waals surface area contributed by atoms with E-state index in [4.69, 9.17) is 4.74 Å². The molecule has 6 heteroatoms. The molecule has 0 amide bonds. The molecule has 0 aliphatic heterocycles. The lowest BCUT2D eigenvalue weighted by Crippen LogP contribution is -1.91. The standard InChI is InChI=1S/C17H12BrN3OS/c1-22-14-10-11(5-6-12(14)13-4-2-3-7-19-13)15-16(18)21-8-9-23-17(21)20-15/h2-10H,1H3. The van der Waals surface area contributed by atoms with Gasteiger partial charge in [-0.25, -0.2) is 4.98 Å². The Balaban J connectivity index is 1.85. The molecule has 0 aliphatic carbocycles. The Hall–Kier alpha value is -2.18. The van der Waals surface area contributed by atoms with E-state index >= 15 is 0 Å². The number of ether oxygens (including phenoxy) is 1. The number of rotatable bonds is 3. The number of imidazole rings is 1. The van der Waals surface area contributed by atoms with Gasteiger partial charge in [-0.3, -0.25) is 9.38 Å². The monoisotopic (exact) mass is 385 g/mol. The first kappa shape index (κ1) is 14.4. The van der Waals surface area contributed by atoms with E-state index in [1.165, 1.54) is 0 Å². The minimum atomic E-state index is 0.782. The van der Waals surface area contributed by atoms with Crippen LogP contribution in [-0.4, -0.2) is 21.5 Å². The lowest BCUT2D eigenvalue weighted by molar-refractivity contribution is 0.416. The van der Waals surface area contributed by atoms with Crippen molar-refractivity contribution in [2.24, 2.45) is 0 Å². The van der Waals surface area contributed by atoms with Crippen molar-refractivity contribution >= 4 is 32.2 Å². The minimum Gasteiger partial charge on any atom is -0.496 e. The number of benzene rings is 1. The van der Waals surface area contributed by atoms with Gasteiger partial charge in [0.25, 0.3) is 0 Å². The highest BCUT2D eigenvalue weighted by Crippen LogP contribution is 2.36. The number of fused-ring (bicyclic) bond motifs is 1. The Morgan fingerprint density at radius 1 is 1.22 bits per heavy atom. The quantitative estimate of drug-likeness (QED) is 0.503. The zero-order valence-electron chi connectivity index (χ0n) is 12.2. The number of nitrogens with zero attached hydrogens (tertiary/aromatic N) is 3. The summed E-state index contributed by atoms with van der Waals surface area (Å²) in [5, 5.41) is 2.02. The van der Waals surface area contributed by atoms with E-state index in [0.717, 1.165) is 37.8 Å². The van der Waals surface area contributed by atoms with E-state index < -0.39 is 0 Å². The molecule has 0 atom stereocenters. The fraction of sp³-hybridized carbons (Fsp3) is 0.0588. The molecule has 3 aromatic heterocycles. The Labute approximate surface area is 145 Å². The average Bonchev–Trinajstić information content (AvgIpc) is 3.18. The van der Waals surface area contributed by atoms with Gasteiger partial charge in [0.15, 0.2) is 4.96 Å². The Morgan fingerprint density at radius 3 is 2.87 bits per heavy atom. The predicted molar refractivity (Wildman–Crippen MR) is 96.0 cm³/mol. The lowest BCUT2D eigenvalue weighted by Gasteiger charge is -2.09. The van der Waals surface area contributed by atoms with Gasteiger partial charge in [-0.2, -0.15) is 0 Å². The van der Waals surface area contributed by atoms with Crippen molar-refractivity contribution in [3.05, 3.63) is 58.8 Å². The summed E-state index contributed by atoms with van der Waals surface area (Å²) in [5.74, 6) is 0.782. The number of hydrogen-bond acceptors (Lipinski definition) is 4. The summed E-state index contributed by atoms with van der Waals surface area (Å²) in [6, 6.07) is 11.9. The van der Waals surface area contributed by atoms with Crippen LogP contribution in [0.25, 0.3) is 27.5 Å². The normalized spacial score (nSPS) is 11.0. The fourth-order valence-corrected chi connectivity index (χ4v) is 3.95. The predicted octanol–water partition coefficient (Wildman–Crippen LogP) is 4.90. The van der Waals surface area contributed by atoms with Crippen LogP contribution in [-0.2, 0) is 0 Å². The first-order chi connectivity index (χ1) is 11.3. The third-order valence-corrected chi connectivity index (χ3v) is 5.13. The maximum Gasteiger partial charge on any atom is 0.195 e. The molecule has 114 valence electrons. The van der Waals surface area contributed by atoms with E-state index in [9.17, 15) is 0 Å². The molecule has 0 aliphatic rings. The number of methoxy groups -OCH3 is 1. The molecule has 0 saturated carbocycles. The van der Waals surface area contributed by atoms with Crippen molar-refractivity contribution in [2.75, 3.05) is 7.11 Å². The van der Waals surface area contributed by atoms with Crippen LogP contribution in [0.15, 0.2) is 58.8 Å². The molecular weight excluding hydrogens is 374 g/mol. The first-order valence-corrected chi connectivity index (χ1v) is 8.66. The van der Waals surface area contributed by atoms with Crippen molar-refractivity contribution in [3.8, 4) is 28.3 Å². The third kappa shape index (κ3) is 2.44. The van der Waals surface area contributed by atoms with Crippen LogP contribution < -0.4 is 4.74 Å². The van der Waals surface area contributed by atoms with E-state index in [1.54, 1.807) is 24.6 Å². The largest absolute Gasteiger partial charge is 0.496 e. The van der Waals surface area contributed by atoms with Gasteiger partial charge >= 0.3 is 0 Å². The molecular formula is C17H12BrN3OS. The van der Waals surface area contributed by atoms with Crippen LogP contribution >= 0.6 is 27.3 Å². The number of thiazole rings is 1. The summed E-state index contributed by atoms with van der Waals surface area (Å²) < 4.78 is 8.54. The zero-order valence-corrected chi connectivity index (χ0v) is 14.6. The van der Waals surface area contributed by atoms with Crippen molar-refractivity contribution in [3.63, 3.8) is 0 Å². The second kappa shape index (κ2) is 5.79. The third-order valence-electron chi connectivity index (χ3n) is 3.62.